The van der Waals surface area contributed by atoms with Crippen molar-refractivity contribution in [3.05, 3.63) is 70.2 Å². The molecular weight excluding hydrogens is 314 g/mol. The van der Waals surface area contributed by atoms with Crippen molar-refractivity contribution in [2.75, 3.05) is 0 Å². The molecule has 0 saturated carbocycles. The van der Waals surface area contributed by atoms with Crippen LogP contribution in [0.2, 0.25) is 5.02 Å². The monoisotopic (exact) mass is 329 g/mol. The number of hydrogen-bond donors (Lipinski definition) is 1. The molecule has 4 nitrogen and oxygen atoms in total. The molecule has 1 atom stereocenters. The van der Waals surface area contributed by atoms with Crippen LogP contribution in [0.1, 0.15) is 28.4 Å². The summed E-state index contributed by atoms with van der Waals surface area (Å²) in [5.74, 6) is -0.803. The van der Waals surface area contributed by atoms with E-state index < -0.39 is 11.6 Å². The van der Waals surface area contributed by atoms with Gasteiger partial charge >= 0.3 is 5.97 Å². The lowest BCUT2D eigenvalue weighted by molar-refractivity contribution is -0.139. The molecule has 2 aromatic carbocycles. The molecule has 0 aromatic heterocycles. The fraction of sp³-hybridized carbons (Fsp3) is 0.222. The van der Waals surface area contributed by atoms with Gasteiger partial charge in [-0.2, -0.15) is 0 Å². The quantitative estimate of drug-likeness (QED) is 0.880. The number of esters is 1. The molecule has 23 heavy (non-hydrogen) atoms. The van der Waals surface area contributed by atoms with Gasteiger partial charge in [-0.15, -0.1) is 0 Å². The maximum Gasteiger partial charge on any atom is 0.339 e. The standard InChI is InChI=1S/C18H16ClNO3/c1-18(10-12-6-2-4-8-14(12)16(21)23-18)17(22)20-11-13-7-3-5-9-15(13)19/h2-9H,10-11H2,1H3,(H,20,22). The van der Waals surface area contributed by atoms with Gasteiger partial charge in [0, 0.05) is 18.0 Å². The number of nitrogens with one attached hydrogen (secondary N) is 1. The van der Waals surface area contributed by atoms with Crippen LogP contribution in [-0.4, -0.2) is 17.5 Å². The zero-order valence-corrected chi connectivity index (χ0v) is 13.4. The summed E-state index contributed by atoms with van der Waals surface area (Å²) >= 11 is 6.08. The summed E-state index contributed by atoms with van der Waals surface area (Å²) < 4.78 is 5.40. The van der Waals surface area contributed by atoms with Crippen molar-refractivity contribution in [3.63, 3.8) is 0 Å². The minimum Gasteiger partial charge on any atom is -0.445 e. The molecule has 2 aromatic rings. The van der Waals surface area contributed by atoms with Crippen molar-refractivity contribution in [2.45, 2.75) is 25.5 Å². The topological polar surface area (TPSA) is 55.4 Å². The van der Waals surface area contributed by atoms with Gasteiger partial charge in [0.05, 0.1) is 5.56 Å². The van der Waals surface area contributed by atoms with E-state index in [1.54, 1.807) is 25.1 Å². The van der Waals surface area contributed by atoms with Crippen molar-refractivity contribution < 1.29 is 14.3 Å². The van der Waals surface area contributed by atoms with E-state index in [2.05, 4.69) is 5.32 Å². The van der Waals surface area contributed by atoms with Crippen molar-refractivity contribution in [2.24, 2.45) is 0 Å². The first kappa shape index (κ1) is 15.6. The normalized spacial score (nSPS) is 19.7. The van der Waals surface area contributed by atoms with Crippen molar-refractivity contribution >= 4 is 23.5 Å². The van der Waals surface area contributed by atoms with Crippen molar-refractivity contribution in [1.82, 2.24) is 5.32 Å². The number of hydrogen-bond acceptors (Lipinski definition) is 3. The molecule has 1 aliphatic heterocycles. The van der Waals surface area contributed by atoms with E-state index in [4.69, 9.17) is 16.3 Å². The third-order valence-corrected chi connectivity index (χ3v) is 4.33. The van der Waals surface area contributed by atoms with Gasteiger partial charge in [0.2, 0.25) is 0 Å². The maximum absolute atomic E-state index is 12.5. The Bertz CT molecular complexity index is 774. The van der Waals surface area contributed by atoms with Crippen LogP contribution in [0.5, 0.6) is 0 Å². The van der Waals surface area contributed by atoms with Crippen LogP contribution in [0, 0.1) is 0 Å². The number of amides is 1. The number of carbonyl (C=O) groups excluding carboxylic acids is 2. The summed E-state index contributed by atoms with van der Waals surface area (Å²) in [6.45, 7) is 1.91. The van der Waals surface area contributed by atoms with Crippen LogP contribution in [0.4, 0.5) is 0 Å². The van der Waals surface area contributed by atoms with Crippen LogP contribution in [0.25, 0.3) is 0 Å². The zero-order chi connectivity index (χ0) is 16.4. The molecule has 0 spiro atoms. The Balaban J connectivity index is 1.75. The Morgan fingerprint density at radius 3 is 2.70 bits per heavy atom. The van der Waals surface area contributed by atoms with E-state index >= 15 is 0 Å². The van der Waals surface area contributed by atoms with Gasteiger partial charge in [-0.05, 0) is 30.2 Å². The largest absolute Gasteiger partial charge is 0.445 e. The summed E-state index contributed by atoms with van der Waals surface area (Å²) in [4.78, 5) is 24.6. The lowest BCUT2D eigenvalue weighted by Crippen LogP contribution is -2.51. The van der Waals surface area contributed by atoms with E-state index in [0.717, 1.165) is 11.1 Å². The summed E-state index contributed by atoms with van der Waals surface area (Å²) in [7, 11) is 0. The smallest absolute Gasteiger partial charge is 0.339 e. The highest BCUT2D eigenvalue weighted by atomic mass is 35.5. The Hall–Kier alpha value is -2.33. The second-order valence-corrected chi connectivity index (χ2v) is 6.14. The van der Waals surface area contributed by atoms with Gasteiger partial charge < -0.3 is 10.1 Å². The first-order valence-corrected chi connectivity index (χ1v) is 7.70. The molecule has 1 unspecified atom stereocenters. The van der Waals surface area contributed by atoms with E-state index in [1.165, 1.54) is 0 Å². The Kier molecular flexibility index (Phi) is 4.09. The molecule has 0 bridgehead atoms. The summed E-state index contributed by atoms with van der Waals surface area (Å²) in [6, 6.07) is 14.5. The van der Waals surface area contributed by atoms with Gasteiger partial charge in [0.25, 0.3) is 5.91 Å². The first-order valence-electron chi connectivity index (χ1n) is 7.32. The number of cyclic esters (lactones) is 1. The van der Waals surface area contributed by atoms with Gasteiger partial charge in [0.15, 0.2) is 5.60 Å². The van der Waals surface area contributed by atoms with Gasteiger partial charge in [-0.1, -0.05) is 48.0 Å². The van der Waals surface area contributed by atoms with E-state index in [1.807, 2.05) is 30.3 Å². The molecule has 3 rings (SSSR count). The molecule has 5 heteroatoms. The average Bonchev–Trinajstić information content (AvgIpc) is 2.53. The highest BCUT2D eigenvalue weighted by Crippen LogP contribution is 2.28. The number of carbonyl (C=O) groups is 2. The number of halogens is 1. The molecule has 1 aliphatic rings. The third-order valence-electron chi connectivity index (χ3n) is 3.96. The Morgan fingerprint density at radius 2 is 1.91 bits per heavy atom. The van der Waals surface area contributed by atoms with Crippen molar-refractivity contribution in [3.8, 4) is 0 Å². The molecule has 0 saturated heterocycles. The molecular formula is C18H16ClNO3. The number of rotatable bonds is 3. The molecule has 0 aliphatic carbocycles. The minimum absolute atomic E-state index is 0.285. The average molecular weight is 330 g/mol. The minimum atomic E-state index is -1.22. The van der Waals surface area contributed by atoms with Crippen LogP contribution >= 0.6 is 11.6 Å². The van der Waals surface area contributed by atoms with Crippen molar-refractivity contribution in [1.29, 1.82) is 0 Å². The van der Waals surface area contributed by atoms with Gasteiger partial charge in [0.1, 0.15) is 0 Å². The molecule has 1 amide bonds. The Morgan fingerprint density at radius 1 is 1.22 bits per heavy atom. The number of fused-ring (bicyclic) bond motifs is 1. The predicted molar refractivity (Wildman–Crippen MR) is 87.3 cm³/mol. The number of benzene rings is 2. The SMILES string of the molecule is CC1(C(=O)NCc2ccccc2Cl)Cc2ccccc2C(=O)O1. The van der Waals surface area contributed by atoms with E-state index in [9.17, 15) is 9.59 Å². The fourth-order valence-corrected chi connectivity index (χ4v) is 2.87. The second-order valence-electron chi connectivity index (χ2n) is 5.73. The highest BCUT2D eigenvalue weighted by molar-refractivity contribution is 6.31. The maximum atomic E-state index is 12.5. The summed E-state index contributed by atoms with van der Waals surface area (Å²) in [6.07, 6.45) is 0.350. The second kappa shape index (κ2) is 6.05. The van der Waals surface area contributed by atoms with Gasteiger partial charge in [-0.25, -0.2) is 4.79 Å². The lowest BCUT2D eigenvalue weighted by atomic mass is 9.89. The van der Waals surface area contributed by atoms with E-state index in [-0.39, 0.29) is 12.5 Å². The van der Waals surface area contributed by atoms with Gasteiger partial charge in [-0.3, -0.25) is 4.79 Å². The fourth-order valence-electron chi connectivity index (χ4n) is 2.66. The third kappa shape index (κ3) is 3.08. The lowest BCUT2D eigenvalue weighted by Gasteiger charge is -2.33. The van der Waals surface area contributed by atoms with Crippen LogP contribution in [0.3, 0.4) is 0 Å². The molecule has 0 fully saturated rings. The summed E-state index contributed by atoms with van der Waals surface area (Å²) in [5, 5.41) is 3.39. The van der Waals surface area contributed by atoms with E-state index in [0.29, 0.717) is 17.0 Å². The van der Waals surface area contributed by atoms with Crippen LogP contribution in [-0.2, 0) is 22.5 Å². The zero-order valence-electron chi connectivity index (χ0n) is 12.6. The summed E-state index contributed by atoms with van der Waals surface area (Å²) in [5.41, 5.74) is 0.934. The first-order chi connectivity index (χ1) is 11.0. The van der Waals surface area contributed by atoms with Crippen LogP contribution < -0.4 is 5.32 Å². The molecule has 0 radical (unpaired) electrons. The van der Waals surface area contributed by atoms with Crippen LogP contribution in [0.15, 0.2) is 48.5 Å². The number of ether oxygens (including phenoxy) is 1. The molecule has 1 N–H and O–H groups in total. The molecule has 118 valence electrons. The highest BCUT2D eigenvalue weighted by Gasteiger charge is 2.42. The predicted octanol–water partition coefficient (Wildman–Crippen LogP) is 3.13. The molecule has 1 heterocycles. The Labute approximate surface area is 139 Å².